The van der Waals surface area contributed by atoms with E-state index >= 15 is 0 Å². The number of fused-ring (bicyclic) bond motifs is 2. The lowest BCUT2D eigenvalue weighted by atomic mass is 9.81. The fraction of sp³-hybridized carbons (Fsp3) is 0.150. The van der Waals surface area contributed by atoms with Gasteiger partial charge in [0.05, 0.1) is 32.4 Å². The van der Waals surface area contributed by atoms with E-state index in [9.17, 15) is 24.6 Å². The summed E-state index contributed by atoms with van der Waals surface area (Å²) >= 11 is 3.10. The third-order valence-corrected chi connectivity index (χ3v) is 4.62. The molecule has 0 fully saturated rings. The molecule has 0 saturated carbocycles. The van der Waals surface area contributed by atoms with Gasteiger partial charge in [-0.15, -0.1) is 0 Å². The van der Waals surface area contributed by atoms with Crippen LogP contribution < -0.4 is 11.1 Å². The highest BCUT2D eigenvalue weighted by atomic mass is 79.9. The van der Waals surface area contributed by atoms with Gasteiger partial charge in [-0.25, -0.2) is 0 Å². The summed E-state index contributed by atoms with van der Waals surface area (Å²) in [6.45, 7) is 9.00. The van der Waals surface area contributed by atoms with Crippen LogP contribution in [0, 0.1) is 0 Å². The van der Waals surface area contributed by atoms with E-state index in [2.05, 4.69) is 27.8 Å². The molecule has 0 bridgehead atoms. The second-order valence-corrected chi connectivity index (χ2v) is 6.68. The molecule has 5 N–H and O–H groups in total. The topological polar surface area (TPSA) is 130 Å². The molecule has 1 aliphatic carbocycles. The van der Waals surface area contributed by atoms with Crippen LogP contribution in [0.4, 0.5) is 11.4 Å². The number of carbonyl (C=O) groups excluding carboxylic acids is 3. The monoisotopic (exact) mass is 446 g/mol. The van der Waals surface area contributed by atoms with Crippen LogP contribution in [0.1, 0.15) is 52.6 Å². The van der Waals surface area contributed by atoms with Crippen molar-refractivity contribution in [3.63, 3.8) is 0 Å². The maximum Gasteiger partial charge on any atom is 0.250 e. The van der Waals surface area contributed by atoms with Gasteiger partial charge in [0, 0.05) is 11.3 Å². The highest BCUT2D eigenvalue weighted by Gasteiger charge is 2.38. The number of nitrogen functional groups attached to an aromatic ring is 1. The van der Waals surface area contributed by atoms with Crippen molar-refractivity contribution >= 4 is 44.8 Å². The van der Waals surface area contributed by atoms with Gasteiger partial charge in [-0.2, -0.15) is 0 Å². The summed E-state index contributed by atoms with van der Waals surface area (Å²) in [7, 11) is 0. The third kappa shape index (κ3) is 3.27. The molecule has 0 radical (unpaired) electrons. The molecule has 146 valence electrons. The highest BCUT2D eigenvalue weighted by molar-refractivity contribution is 9.10. The molecule has 2 aromatic rings. The van der Waals surface area contributed by atoms with Crippen molar-refractivity contribution in [1.82, 2.24) is 0 Å². The zero-order chi connectivity index (χ0) is 21.3. The minimum absolute atomic E-state index is 0.00324. The number of aromatic hydroxyl groups is 2. The number of anilines is 2. The van der Waals surface area contributed by atoms with E-state index in [4.69, 9.17) is 5.73 Å². The van der Waals surface area contributed by atoms with Crippen molar-refractivity contribution in [2.75, 3.05) is 11.1 Å². The van der Waals surface area contributed by atoms with Gasteiger partial charge in [0.2, 0.25) is 11.6 Å². The fourth-order valence-corrected chi connectivity index (χ4v) is 3.18. The first-order valence-corrected chi connectivity index (χ1v) is 9.17. The number of benzene rings is 2. The molecule has 0 saturated heterocycles. The van der Waals surface area contributed by atoms with Gasteiger partial charge in [-0.3, -0.25) is 14.4 Å². The summed E-state index contributed by atoms with van der Waals surface area (Å²) in [6, 6.07) is 3.80. The van der Waals surface area contributed by atoms with Crippen LogP contribution in [0.3, 0.4) is 0 Å². The predicted molar refractivity (Wildman–Crippen MR) is 110 cm³/mol. The Labute approximate surface area is 170 Å². The molecule has 3 rings (SSSR count). The second kappa shape index (κ2) is 7.85. The van der Waals surface area contributed by atoms with Gasteiger partial charge < -0.3 is 21.3 Å². The maximum atomic E-state index is 13.0. The van der Waals surface area contributed by atoms with Gasteiger partial charge in [0.1, 0.15) is 11.5 Å². The number of carbonyl (C=O) groups is 3. The highest BCUT2D eigenvalue weighted by Crippen LogP contribution is 2.44. The number of ketones is 2. The van der Waals surface area contributed by atoms with Crippen LogP contribution >= 0.6 is 15.9 Å². The lowest BCUT2D eigenvalue weighted by Crippen LogP contribution is -2.25. The van der Waals surface area contributed by atoms with Crippen LogP contribution in [-0.4, -0.2) is 27.7 Å². The standard InChI is InChI=1S/C18H13BrN2O5.C2H6/c1-6(2)18(26)21-9-5-7(19)15(23)14-12(9)17(25)13-10(22)4-3-8(20)11(13)16(14)24;1-2/h3-5,22-23H,1,20H2,2H3,(H,21,26);1-2H3. The summed E-state index contributed by atoms with van der Waals surface area (Å²) in [5, 5.41) is 22.9. The van der Waals surface area contributed by atoms with E-state index in [0.717, 1.165) is 0 Å². The summed E-state index contributed by atoms with van der Waals surface area (Å²) in [5.41, 5.74) is 5.01. The first kappa shape index (κ1) is 21.2. The normalized spacial score (nSPS) is 11.7. The molecule has 8 heteroatoms. The lowest BCUT2D eigenvalue weighted by molar-refractivity contribution is -0.112. The predicted octanol–water partition coefficient (Wildman–Crippen LogP) is 3.76. The molecule has 2 aromatic carbocycles. The Bertz CT molecular complexity index is 1040. The Morgan fingerprint density at radius 2 is 1.64 bits per heavy atom. The van der Waals surface area contributed by atoms with Crippen LogP contribution in [0.5, 0.6) is 11.5 Å². The largest absolute Gasteiger partial charge is 0.507 e. The van der Waals surface area contributed by atoms with Crippen LogP contribution in [0.2, 0.25) is 0 Å². The maximum absolute atomic E-state index is 13.0. The fourth-order valence-electron chi connectivity index (χ4n) is 2.76. The Balaban J connectivity index is 0.00000136. The molecular formula is C20H19BrN2O5. The average molecular weight is 447 g/mol. The van der Waals surface area contributed by atoms with Crippen molar-refractivity contribution < 1.29 is 24.6 Å². The Morgan fingerprint density at radius 3 is 2.21 bits per heavy atom. The van der Waals surface area contributed by atoms with Crippen LogP contribution in [0.25, 0.3) is 0 Å². The van der Waals surface area contributed by atoms with Gasteiger partial charge in [0.25, 0.3) is 5.91 Å². The van der Waals surface area contributed by atoms with E-state index in [1.54, 1.807) is 0 Å². The molecular weight excluding hydrogens is 428 g/mol. The number of rotatable bonds is 2. The zero-order valence-corrected chi connectivity index (χ0v) is 17.1. The Hall–Kier alpha value is -3.13. The molecule has 0 heterocycles. The number of amides is 1. The zero-order valence-electron chi connectivity index (χ0n) is 15.5. The van der Waals surface area contributed by atoms with Gasteiger partial charge >= 0.3 is 0 Å². The van der Waals surface area contributed by atoms with Crippen molar-refractivity contribution in [3.8, 4) is 11.5 Å². The molecule has 0 aliphatic heterocycles. The lowest BCUT2D eigenvalue weighted by Gasteiger charge is -2.23. The van der Waals surface area contributed by atoms with E-state index in [1.165, 1.54) is 25.1 Å². The number of nitrogens with one attached hydrogen (secondary N) is 1. The van der Waals surface area contributed by atoms with Crippen LogP contribution in [-0.2, 0) is 4.79 Å². The summed E-state index contributed by atoms with van der Waals surface area (Å²) < 4.78 is 0.108. The quantitative estimate of drug-likeness (QED) is 0.269. The molecule has 0 spiro atoms. The molecule has 28 heavy (non-hydrogen) atoms. The minimum Gasteiger partial charge on any atom is -0.507 e. The Morgan fingerprint density at radius 1 is 1.07 bits per heavy atom. The van der Waals surface area contributed by atoms with E-state index < -0.39 is 29.0 Å². The molecule has 0 unspecified atom stereocenters. The van der Waals surface area contributed by atoms with Crippen LogP contribution in [0.15, 0.2) is 34.8 Å². The van der Waals surface area contributed by atoms with Crippen molar-refractivity contribution in [3.05, 3.63) is 57.1 Å². The average Bonchev–Trinajstić information content (AvgIpc) is 2.65. The number of hydrogen-bond donors (Lipinski definition) is 4. The van der Waals surface area contributed by atoms with Gasteiger partial charge in [0.15, 0.2) is 0 Å². The number of phenolic OH excluding ortho intramolecular Hbond substituents is 2. The number of hydrogen-bond acceptors (Lipinski definition) is 6. The third-order valence-electron chi connectivity index (χ3n) is 4.01. The number of nitrogens with two attached hydrogens (primary N) is 1. The molecule has 1 amide bonds. The number of halogens is 1. The summed E-state index contributed by atoms with van der Waals surface area (Å²) in [5.74, 6) is -2.91. The SMILES string of the molecule is C=C(C)C(=O)Nc1cc(Br)c(O)c2c1C(=O)c1c(O)ccc(N)c1C2=O.CC. The van der Waals surface area contributed by atoms with E-state index in [1.807, 2.05) is 13.8 Å². The number of phenols is 2. The van der Waals surface area contributed by atoms with Crippen molar-refractivity contribution in [2.24, 2.45) is 0 Å². The van der Waals surface area contributed by atoms with Crippen molar-refractivity contribution in [1.29, 1.82) is 0 Å². The van der Waals surface area contributed by atoms with Crippen molar-refractivity contribution in [2.45, 2.75) is 20.8 Å². The summed E-state index contributed by atoms with van der Waals surface area (Å²) in [4.78, 5) is 37.9. The van der Waals surface area contributed by atoms with Gasteiger partial charge in [-0.05, 0) is 41.1 Å². The Kier molecular flexibility index (Phi) is 5.94. The van der Waals surface area contributed by atoms with E-state index in [-0.39, 0.29) is 43.7 Å². The molecule has 0 atom stereocenters. The molecule has 7 nitrogen and oxygen atoms in total. The first-order valence-electron chi connectivity index (χ1n) is 8.38. The molecule has 0 aromatic heterocycles. The molecule has 1 aliphatic rings. The van der Waals surface area contributed by atoms with Gasteiger partial charge in [-0.1, -0.05) is 20.4 Å². The summed E-state index contributed by atoms with van der Waals surface area (Å²) in [6.07, 6.45) is 0. The second-order valence-electron chi connectivity index (χ2n) is 5.82. The minimum atomic E-state index is -0.737. The van der Waals surface area contributed by atoms with E-state index in [0.29, 0.717) is 0 Å². The first-order chi connectivity index (χ1) is 13.1. The smallest absolute Gasteiger partial charge is 0.250 e.